The van der Waals surface area contributed by atoms with Gasteiger partial charge in [0.1, 0.15) is 5.82 Å². The van der Waals surface area contributed by atoms with Crippen molar-refractivity contribution in [2.24, 2.45) is 11.8 Å². The minimum atomic E-state index is -0.299. The Morgan fingerprint density at radius 3 is 2.60 bits per heavy atom. The molecule has 1 aromatic carbocycles. The van der Waals surface area contributed by atoms with Gasteiger partial charge < -0.3 is 19.9 Å². The molecule has 1 aromatic rings. The van der Waals surface area contributed by atoms with Gasteiger partial charge in [0, 0.05) is 55.7 Å². The number of fused-ring (bicyclic) bond motifs is 1. The smallest absolute Gasteiger partial charge is 0.223 e. The number of carbonyl (C=O) groups excluding carboxylic acids is 2. The topological polar surface area (TPSA) is 61.9 Å². The van der Waals surface area contributed by atoms with Gasteiger partial charge in [-0.3, -0.25) is 9.59 Å². The summed E-state index contributed by atoms with van der Waals surface area (Å²) in [5.74, 6) is 0.0629. The molecule has 2 fully saturated rings. The van der Waals surface area contributed by atoms with E-state index in [0.717, 1.165) is 37.1 Å². The largest absolute Gasteiger partial charge is 0.378 e. The Bertz CT molecular complexity index is 893. The van der Waals surface area contributed by atoms with Crippen LogP contribution in [0, 0.1) is 17.7 Å². The first-order valence-corrected chi connectivity index (χ1v) is 13.4. The number of hydrogen-bond donors (Lipinski definition) is 1. The zero-order chi connectivity index (χ0) is 25.0. The molecule has 2 amide bonds. The summed E-state index contributed by atoms with van der Waals surface area (Å²) in [6.45, 7) is 10.1. The van der Waals surface area contributed by atoms with Crippen LogP contribution in [0.15, 0.2) is 18.2 Å². The lowest BCUT2D eigenvalue weighted by Crippen LogP contribution is -2.47. The zero-order valence-corrected chi connectivity index (χ0v) is 21.7. The molecule has 35 heavy (non-hydrogen) atoms. The van der Waals surface area contributed by atoms with E-state index in [9.17, 15) is 14.0 Å². The minimum absolute atomic E-state index is 0.0116. The second kappa shape index (κ2) is 11.3. The quantitative estimate of drug-likeness (QED) is 0.595. The molecule has 2 aliphatic heterocycles. The van der Waals surface area contributed by atoms with E-state index >= 15 is 0 Å². The van der Waals surface area contributed by atoms with Crippen molar-refractivity contribution < 1.29 is 18.7 Å². The van der Waals surface area contributed by atoms with Gasteiger partial charge in [-0.2, -0.15) is 0 Å². The molecule has 6 nitrogen and oxygen atoms in total. The molecule has 4 rings (SSSR count). The fraction of sp³-hybridized carbons (Fsp3) is 0.714. The number of benzene rings is 1. The molecular weight excluding hydrogens is 445 g/mol. The number of amides is 2. The molecule has 2 heterocycles. The monoisotopic (exact) mass is 487 g/mol. The van der Waals surface area contributed by atoms with E-state index < -0.39 is 0 Å². The molecule has 0 unspecified atom stereocenters. The number of ether oxygens (including phenoxy) is 1. The van der Waals surface area contributed by atoms with Crippen molar-refractivity contribution in [3.63, 3.8) is 0 Å². The van der Waals surface area contributed by atoms with Crippen molar-refractivity contribution in [3.05, 3.63) is 29.6 Å². The van der Waals surface area contributed by atoms with Crippen LogP contribution in [-0.4, -0.2) is 62.1 Å². The second-order valence-electron chi connectivity index (χ2n) is 11.5. The molecule has 7 heteroatoms. The van der Waals surface area contributed by atoms with Gasteiger partial charge in [0.15, 0.2) is 0 Å². The van der Waals surface area contributed by atoms with Crippen LogP contribution in [0.2, 0.25) is 0 Å². The highest BCUT2D eigenvalue weighted by Crippen LogP contribution is 2.40. The van der Waals surface area contributed by atoms with E-state index in [1.165, 1.54) is 25.3 Å². The Labute approximate surface area is 209 Å². The normalized spacial score (nSPS) is 21.9. The van der Waals surface area contributed by atoms with Gasteiger partial charge in [-0.05, 0) is 43.0 Å². The van der Waals surface area contributed by atoms with Crippen LogP contribution in [0.4, 0.5) is 10.1 Å². The van der Waals surface area contributed by atoms with Crippen LogP contribution in [0.5, 0.6) is 0 Å². The predicted molar refractivity (Wildman–Crippen MR) is 136 cm³/mol. The summed E-state index contributed by atoms with van der Waals surface area (Å²) in [4.78, 5) is 30.6. The fourth-order valence-electron chi connectivity index (χ4n) is 6.13. The third-order valence-corrected chi connectivity index (χ3v) is 8.00. The Kier molecular flexibility index (Phi) is 8.35. The van der Waals surface area contributed by atoms with Gasteiger partial charge in [0.05, 0.1) is 13.2 Å². The number of anilines is 1. The summed E-state index contributed by atoms with van der Waals surface area (Å²) in [7, 11) is 0. The number of hydrogen-bond acceptors (Lipinski definition) is 4. The molecule has 1 aliphatic carbocycles. The number of halogens is 1. The van der Waals surface area contributed by atoms with Gasteiger partial charge in [-0.25, -0.2) is 4.39 Å². The molecule has 194 valence electrons. The third kappa shape index (κ3) is 6.54. The van der Waals surface area contributed by atoms with Crippen molar-refractivity contribution >= 4 is 17.5 Å². The number of nitrogens with zero attached hydrogens (tertiary/aromatic N) is 2. The lowest BCUT2D eigenvalue weighted by Gasteiger charge is -2.31. The number of nitrogens with one attached hydrogen (secondary N) is 1. The molecule has 2 atom stereocenters. The lowest BCUT2D eigenvalue weighted by molar-refractivity contribution is -0.140. The summed E-state index contributed by atoms with van der Waals surface area (Å²) in [6.07, 6.45) is 7.08. The van der Waals surface area contributed by atoms with Crippen molar-refractivity contribution in [2.45, 2.75) is 77.2 Å². The molecule has 1 saturated heterocycles. The summed E-state index contributed by atoms with van der Waals surface area (Å²) in [5.41, 5.74) is 1.91. The van der Waals surface area contributed by atoms with Crippen LogP contribution in [-0.2, 0) is 19.7 Å². The second-order valence-corrected chi connectivity index (χ2v) is 11.5. The summed E-state index contributed by atoms with van der Waals surface area (Å²) < 4.78 is 19.3. The average Bonchev–Trinajstić information content (AvgIpc) is 3.08. The summed E-state index contributed by atoms with van der Waals surface area (Å²) in [5, 5.41) is 3.22. The van der Waals surface area contributed by atoms with Crippen LogP contribution in [0.1, 0.15) is 71.3 Å². The highest BCUT2D eigenvalue weighted by Gasteiger charge is 2.36. The molecule has 1 N–H and O–H groups in total. The molecular formula is C28H42FN3O3. The average molecular weight is 488 g/mol. The van der Waals surface area contributed by atoms with Gasteiger partial charge in [0.2, 0.25) is 11.8 Å². The summed E-state index contributed by atoms with van der Waals surface area (Å²) in [6, 6.07) is 4.91. The Hall–Kier alpha value is -2.15. The molecule has 3 aliphatic rings. The highest BCUT2D eigenvalue weighted by molar-refractivity contribution is 5.86. The maximum Gasteiger partial charge on any atom is 0.223 e. The standard InChI is InChI=1S/C28H42FN3O3/c1-20(18-32-19-28(2,3)24-17-23(29)9-10-25(24)32)30-27(34)22(15-21-7-5-4-6-8-21)16-26(33)31-11-13-35-14-12-31/h9-10,17,20-22H,4-8,11-16,18-19H2,1-3H3,(H,30,34)/t20-,22-/m0/s1. The summed E-state index contributed by atoms with van der Waals surface area (Å²) >= 11 is 0. The minimum Gasteiger partial charge on any atom is -0.378 e. The Morgan fingerprint density at radius 1 is 1.17 bits per heavy atom. The maximum absolute atomic E-state index is 13.9. The molecule has 0 spiro atoms. The maximum atomic E-state index is 13.9. The van der Waals surface area contributed by atoms with Gasteiger partial charge in [-0.1, -0.05) is 46.0 Å². The first kappa shape index (κ1) is 25.9. The fourth-order valence-corrected chi connectivity index (χ4v) is 6.13. The van der Waals surface area contributed by atoms with Crippen LogP contribution in [0.3, 0.4) is 0 Å². The molecule has 1 saturated carbocycles. The van der Waals surface area contributed by atoms with Crippen molar-refractivity contribution in [2.75, 3.05) is 44.3 Å². The predicted octanol–water partition coefficient (Wildman–Crippen LogP) is 4.26. The van der Waals surface area contributed by atoms with Crippen LogP contribution < -0.4 is 10.2 Å². The Morgan fingerprint density at radius 2 is 1.89 bits per heavy atom. The zero-order valence-electron chi connectivity index (χ0n) is 21.7. The Balaban J connectivity index is 1.39. The van der Waals surface area contributed by atoms with E-state index in [1.807, 2.05) is 17.9 Å². The highest BCUT2D eigenvalue weighted by atomic mass is 19.1. The third-order valence-electron chi connectivity index (χ3n) is 8.00. The van der Waals surface area contributed by atoms with Crippen molar-refractivity contribution in [1.29, 1.82) is 0 Å². The first-order valence-electron chi connectivity index (χ1n) is 13.4. The van der Waals surface area contributed by atoms with E-state index in [0.29, 0.717) is 38.8 Å². The number of carbonyl (C=O) groups is 2. The van der Waals surface area contributed by atoms with Gasteiger partial charge in [-0.15, -0.1) is 0 Å². The van der Waals surface area contributed by atoms with E-state index in [4.69, 9.17) is 4.74 Å². The van der Waals surface area contributed by atoms with Crippen LogP contribution in [0.25, 0.3) is 0 Å². The lowest BCUT2D eigenvalue weighted by atomic mass is 9.81. The molecule has 0 aromatic heterocycles. The van der Waals surface area contributed by atoms with E-state index in [-0.39, 0.29) is 41.4 Å². The van der Waals surface area contributed by atoms with Gasteiger partial charge in [0.25, 0.3) is 0 Å². The SMILES string of the molecule is C[C@@H](CN1CC(C)(C)c2cc(F)ccc21)NC(=O)[C@H](CC(=O)N1CCOCC1)CC1CCCCC1. The van der Waals surface area contributed by atoms with E-state index in [2.05, 4.69) is 24.1 Å². The number of rotatable bonds is 8. The first-order chi connectivity index (χ1) is 16.7. The number of morpholine rings is 1. The van der Waals surface area contributed by atoms with Crippen molar-refractivity contribution in [3.8, 4) is 0 Å². The van der Waals surface area contributed by atoms with E-state index in [1.54, 1.807) is 6.07 Å². The van der Waals surface area contributed by atoms with Crippen molar-refractivity contribution in [1.82, 2.24) is 10.2 Å². The van der Waals surface area contributed by atoms with Crippen LogP contribution >= 0.6 is 0 Å². The molecule has 0 bridgehead atoms. The molecule has 0 radical (unpaired) electrons. The van der Waals surface area contributed by atoms with Gasteiger partial charge >= 0.3 is 0 Å².